The van der Waals surface area contributed by atoms with Crippen molar-refractivity contribution < 1.29 is 9.47 Å². The highest BCUT2D eigenvalue weighted by Gasteiger charge is 2.19. The van der Waals surface area contributed by atoms with Gasteiger partial charge in [0.25, 0.3) is 0 Å². The topological polar surface area (TPSA) is 33.7 Å². The van der Waals surface area contributed by atoms with E-state index in [-0.39, 0.29) is 0 Å². The summed E-state index contributed by atoms with van der Waals surface area (Å²) in [5.41, 5.74) is 1.29. The molecular formula is C14H22N2O2. The summed E-state index contributed by atoms with van der Waals surface area (Å²) in [6, 6.07) is 8.26. The van der Waals surface area contributed by atoms with E-state index in [4.69, 9.17) is 9.47 Å². The van der Waals surface area contributed by atoms with Gasteiger partial charge < -0.3 is 14.8 Å². The van der Waals surface area contributed by atoms with Gasteiger partial charge in [-0.2, -0.15) is 0 Å². The van der Waals surface area contributed by atoms with Gasteiger partial charge in [0, 0.05) is 26.2 Å². The number of rotatable bonds is 5. The van der Waals surface area contributed by atoms with Crippen LogP contribution in [0.3, 0.4) is 0 Å². The Morgan fingerprint density at radius 1 is 1.50 bits per heavy atom. The Balaban J connectivity index is 1.91. The predicted octanol–water partition coefficient (Wildman–Crippen LogP) is 1.12. The van der Waals surface area contributed by atoms with Crippen LogP contribution in [0.5, 0.6) is 5.75 Å². The highest BCUT2D eigenvalue weighted by Crippen LogP contribution is 2.15. The van der Waals surface area contributed by atoms with E-state index >= 15 is 0 Å². The van der Waals surface area contributed by atoms with Crippen LogP contribution in [0.4, 0.5) is 0 Å². The molecule has 2 rings (SSSR count). The summed E-state index contributed by atoms with van der Waals surface area (Å²) in [7, 11) is 3.67. The summed E-state index contributed by atoms with van der Waals surface area (Å²) in [5, 5.41) is 3.17. The molecule has 1 unspecified atom stereocenters. The van der Waals surface area contributed by atoms with Crippen molar-refractivity contribution in [3.05, 3.63) is 29.8 Å². The molecule has 100 valence electrons. The molecule has 1 fully saturated rings. The average molecular weight is 250 g/mol. The van der Waals surface area contributed by atoms with Crippen LogP contribution in [0, 0.1) is 0 Å². The van der Waals surface area contributed by atoms with E-state index in [0.717, 1.165) is 38.5 Å². The highest BCUT2D eigenvalue weighted by atomic mass is 16.5. The Labute approximate surface area is 109 Å². The van der Waals surface area contributed by atoms with Gasteiger partial charge in [-0.3, -0.25) is 4.90 Å². The zero-order valence-corrected chi connectivity index (χ0v) is 11.2. The number of benzene rings is 1. The second-order valence-corrected chi connectivity index (χ2v) is 4.64. The molecular weight excluding hydrogens is 228 g/mol. The normalized spacial score (nSPS) is 20.9. The fourth-order valence-electron chi connectivity index (χ4n) is 2.30. The first-order chi connectivity index (χ1) is 8.81. The van der Waals surface area contributed by atoms with Crippen molar-refractivity contribution in [1.29, 1.82) is 0 Å². The Morgan fingerprint density at radius 2 is 2.39 bits per heavy atom. The smallest absolute Gasteiger partial charge is 0.119 e. The van der Waals surface area contributed by atoms with Crippen molar-refractivity contribution in [3.63, 3.8) is 0 Å². The Bertz CT molecular complexity index is 369. The summed E-state index contributed by atoms with van der Waals surface area (Å²) >= 11 is 0. The quantitative estimate of drug-likeness (QED) is 0.849. The van der Waals surface area contributed by atoms with E-state index in [1.54, 1.807) is 7.11 Å². The fraction of sp³-hybridized carbons (Fsp3) is 0.571. The van der Waals surface area contributed by atoms with Gasteiger partial charge in [-0.05, 0) is 24.7 Å². The molecule has 4 heteroatoms. The number of hydrogen-bond acceptors (Lipinski definition) is 4. The molecule has 1 atom stereocenters. The number of morpholine rings is 1. The van der Waals surface area contributed by atoms with Crippen molar-refractivity contribution in [2.45, 2.75) is 12.6 Å². The van der Waals surface area contributed by atoms with E-state index in [0.29, 0.717) is 6.10 Å². The average Bonchev–Trinajstić information content (AvgIpc) is 2.40. The molecule has 0 aliphatic carbocycles. The van der Waals surface area contributed by atoms with Gasteiger partial charge in [-0.15, -0.1) is 0 Å². The zero-order chi connectivity index (χ0) is 12.8. The molecule has 1 N–H and O–H groups in total. The van der Waals surface area contributed by atoms with Crippen LogP contribution in [0.1, 0.15) is 5.56 Å². The Kier molecular flexibility index (Phi) is 4.99. The number of hydrogen-bond donors (Lipinski definition) is 1. The first kappa shape index (κ1) is 13.3. The lowest BCUT2D eigenvalue weighted by atomic mass is 10.2. The van der Waals surface area contributed by atoms with E-state index in [2.05, 4.69) is 22.3 Å². The first-order valence-corrected chi connectivity index (χ1v) is 6.43. The predicted molar refractivity (Wildman–Crippen MR) is 71.9 cm³/mol. The lowest BCUT2D eigenvalue weighted by Gasteiger charge is -2.32. The summed E-state index contributed by atoms with van der Waals surface area (Å²) in [6.45, 7) is 4.67. The standard InChI is InChI=1S/C14H22N2O2/c1-15-9-14-11-16(6-7-18-14)10-12-4-3-5-13(8-12)17-2/h3-5,8,14-15H,6-7,9-11H2,1-2H3. The number of ether oxygens (including phenoxy) is 2. The maximum atomic E-state index is 5.70. The monoisotopic (exact) mass is 250 g/mol. The van der Waals surface area contributed by atoms with Crippen LogP contribution in [-0.2, 0) is 11.3 Å². The number of likely N-dealkylation sites (N-methyl/N-ethyl adjacent to an activating group) is 1. The minimum atomic E-state index is 0.300. The van der Waals surface area contributed by atoms with E-state index in [1.165, 1.54) is 5.56 Å². The molecule has 1 aliphatic rings. The van der Waals surface area contributed by atoms with Crippen molar-refractivity contribution in [3.8, 4) is 5.75 Å². The summed E-state index contributed by atoms with van der Waals surface area (Å²) in [4.78, 5) is 2.43. The third-order valence-corrected chi connectivity index (χ3v) is 3.20. The van der Waals surface area contributed by atoms with Crippen molar-refractivity contribution >= 4 is 0 Å². The van der Waals surface area contributed by atoms with Gasteiger partial charge in [0.05, 0.1) is 19.8 Å². The van der Waals surface area contributed by atoms with Crippen molar-refractivity contribution in [2.75, 3.05) is 40.4 Å². The minimum Gasteiger partial charge on any atom is -0.497 e. The molecule has 1 aromatic carbocycles. The van der Waals surface area contributed by atoms with Crippen LogP contribution < -0.4 is 10.1 Å². The van der Waals surface area contributed by atoms with Crippen LogP contribution in [0.25, 0.3) is 0 Å². The third kappa shape index (κ3) is 3.70. The van der Waals surface area contributed by atoms with E-state index in [9.17, 15) is 0 Å². The largest absolute Gasteiger partial charge is 0.497 e. The molecule has 0 saturated carbocycles. The molecule has 1 heterocycles. The number of nitrogens with one attached hydrogen (secondary N) is 1. The minimum absolute atomic E-state index is 0.300. The molecule has 0 amide bonds. The SMILES string of the molecule is CNCC1CN(Cc2cccc(OC)c2)CCO1. The van der Waals surface area contributed by atoms with Crippen molar-refractivity contribution in [2.24, 2.45) is 0 Å². The van der Waals surface area contributed by atoms with Crippen LogP contribution >= 0.6 is 0 Å². The van der Waals surface area contributed by atoms with Gasteiger partial charge in [-0.25, -0.2) is 0 Å². The maximum Gasteiger partial charge on any atom is 0.119 e. The van der Waals surface area contributed by atoms with Crippen LogP contribution in [0.15, 0.2) is 24.3 Å². The van der Waals surface area contributed by atoms with E-state index < -0.39 is 0 Å². The summed E-state index contributed by atoms with van der Waals surface area (Å²) < 4.78 is 11.0. The molecule has 0 radical (unpaired) electrons. The number of nitrogens with zero attached hydrogens (tertiary/aromatic N) is 1. The summed E-state index contributed by atoms with van der Waals surface area (Å²) in [5.74, 6) is 0.924. The summed E-state index contributed by atoms with van der Waals surface area (Å²) in [6.07, 6.45) is 0.300. The lowest BCUT2D eigenvalue weighted by Crippen LogP contribution is -2.45. The van der Waals surface area contributed by atoms with Gasteiger partial charge in [0.15, 0.2) is 0 Å². The molecule has 18 heavy (non-hydrogen) atoms. The number of methoxy groups -OCH3 is 1. The molecule has 0 bridgehead atoms. The Hall–Kier alpha value is -1.10. The maximum absolute atomic E-state index is 5.70. The molecule has 4 nitrogen and oxygen atoms in total. The van der Waals surface area contributed by atoms with Crippen molar-refractivity contribution in [1.82, 2.24) is 10.2 Å². The Morgan fingerprint density at radius 3 is 3.17 bits per heavy atom. The first-order valence-electron chi connectivity index (χ1n) is 6.43. The molecule has 1 aliphatic heterocycles. The van der Waals surface area contributed by atoms with Crippen LogP contribution in [0.2, 0.25) is 0 Å². The second kappa shape index (κ2) is 6.73. The fourth-order valence-corrected chi connectivity index (χ4v) is 2.30. The molecule has 0 spiro atoms. The van der Waals surface area contributed by atoms with Gasteiger partial charge >= 0.3 is 0 Å². The lowest BCUT2D eigenvalue weighted by molar-refractivity contribution is -0.0291. The van der Waals surface area contributed by atoms with E-state index in [1.807, 2.05) is 19.2 Å². The zero-order valence-electron chi connectivity index (χ0n) is 11.2. The third-order valence-electron chi connectivity index (χ3n) is 3.20. The second-order valence-electron chi connectivity index (χ2n) is 4.64. The molecule has 0 aromatic heterocycles. The van der Waals surface area contributed by atoms with Gasteiger partial charge in [-0.1, -0.05) is 12.1 Å². The van der Waals surface area contributed by atoms with Crippen LogP contribution in [-0.4, -0.2) is 51.4 Å². The molecule has 1 aromatic rings. The van der Waals surface area contributed by atoms with Gasteiger partial charge in [0.2, 0.25) is 0 Å². The van der Waals surface area contributed by atoms with Gasteiger partial charge in [0.1, 0.15) is 5.75 Å². The molecule has 1 saturated heterocycles. The highest BCUT2D eigenvalue weighted by molar-refractivity contribution is 5.28.